The number of ether oxygens (including phenoxy) is 1. The molecule has 0 aromatic carbocycles. The number of esters is 1. The first-order valence-corrected chi connectivity index (χ1v) is 9.78. The molecule has 0 aliphatic heterocycles. The van der Waals surface area contributed by atoms with Gasteiger partial charge in [-0.3, -0.25) is 9.59 Å². The number of carbonyl (C=O) groups is 3. The van der Waals surface area contributed by atoms with Crippen molar-refractivity contribution in [3.05, 3.63) is 0 Å². The summed E-state index contributed by atoms with van der Waals surface area (Å²) in [5.74, 6) is -0.780. The Kier molecular flexibility index (Phi) is 9.27. The maximum Gasteiger partial charge on any atom is 0.329 e. The maximum atomic E-state index is 12.0. The topological polar surface area (TPSA) is 119 Å². The predicted octanol–water partition coefficient (Wildman–Crippen LogP) is 1.39. The highest BCUT2D eigenvalue weighted by molar-refractivity contribution is 8.00. The van der Waals surface area contributed by atoms with Crippen LogP contribution in [0.1, 0.15) is 46.0 Å². The Balaban J connectivity index is 2.65. The maximum absolute atomic E-state index is 12.0. The zero-order chi connectivity index (χ0) is 19.0. The van der Waals surface area contributed by atoms with Crippen molar-refractivity contribution in [1.82, 2.24) is 5.32 Å². The molecule has 0 radical (unpaired) electrons. The molecule has 0 aromatic rings. The first-order valence-electron chi connectivity index (χ1n) is 8.73. The lowest BCUT2D eigenvalue weighted by Crippen LogP contribution is -2.50. The molecule has 1 amide bonds. The van der Waals surface area contributed by atoms with E-state index in [1.54, 1.807) is 11.8 Å². The third-order valence-corrected chi connectivity index (χ3v) is 6.16. The molecule has 8 heteroatoms. The fourth-order valence-electron chi connectivity index (χ4n) is 3.19. The van der Waals surface area contributed by atoms with E-state index in [1.807, 2.05) is 0 Å². The second-order valence-electron chi connectivity index (χ2n) is 6.85. The minimum Gasteiger partial charge on any atom is -0.481 e. The molecule has 2 unspecified atom stereocenters. The largest absolute Gasteiger partial charge is 0.481 e. The van der Waals surface area contributed by atoms with Crippen molar-refractivity contribution in [3.63, 3.8) is 0 Å². The van der Waals surface area contributed by atoms with Gasteiger partial charge in [0.2, 0.25) is 5.91 Å². The second kappa shape index (κ2) is 10.7. The molecular formula is C17H30N2O5S. The number of nitrogens with two attached hydrogens (primary N) is 1. The van der Waals surface area contributed by atoms with Gasteiger partial charge in [-0.25, -0.2) is 4.79 Å². The molecule has 1 rings (SSSR count). The summed E-state index contributed by atoms with van der Waals surface area (Å²) in [5.41, 5.74) is 5.56. The minimum absolute atomic E-state index is 0.395. The van der Waals surface area contributed by atoms with Crippen molar-refractivity contribution in [2.24, 2.45) is 17.6 Å². The highest BCUT2D eigenvalue weighted by Crippen LogP contribution is 2.37. The fourth-order valence-corrected chi connectivity index (χ4v) is 4.88. The van der Waals surface area contributed by atoms with Gasteiger partial charge in [-0.05, 0) is 24.7 Å². The monoisotopic (exact) mass is 374 g/mol. The zero-order valence-electron chi connectivity index (χ0n) is 15.2. The van der Waals surface area contributed by atoms with Gasteiger partial charge in [0.15, 0.2) is 0 Å². The van der Waals surface area contributed by atoms with E-state index < -0.39 is 36.4 Å². The molecule has 144 valence electrons. The van der Waals surface area contributed by atoms with Gasteiger partial charge >= 0.3 is 11.9 Å². The van der Waals surface area contributed by atoms with Crippen molar-refractivity contribution in [2.75, 3.05) is 12.9 Å². The number of hydrogen-bond acceptors (Lipinski definition) is 6. The van der Waals surface area contributed by atoms with E-state index in [2.05, 4.69) is 19.2 Å². The molecule has 4 atom stereocenters. The Morgan fingerprint density at radius 2 is 1.92 bits per heavy atom. The molecule has 0 bridgehead atoms. The van der Waals surface area contributed by atoms with E-state index >= 15 is 0 Å². The second-order valence-corrected chi connectivity index (χ2v) is 8.12. The molecule has 1 aliphatic rings. The first-order chi connectivity index (χ1) is 11.8. The van der Waals surface area contributed by atoms with Crippen LogP contribution in [-0.2, 0) is 19.1 Å². The molecular weight excluding hydrogens is 344 g/mol. The van der Waals surface area contributed by atoms with E-state index in [1.165, 1.54) is 26.4 Å². The third kappa shape index (κ3) is 7.23. The van der Waals surface area contributed by atoms with Crippen LogP contribution in [0.4, 0.5) is 0 Å². The number of nitrogens with one attached hydrogen (secondary N) is 1. The number of aliphatic carboxylic acids is 1. The quantitative estimate of drug-likeness (QED) is 0.522. The van der Waals surface area contributed by atoms with Crippen LogP contribution >= 0.6 is 11.8 Å². The standard InChI is InChI=1S/C17H30N2O5S/c1-10(2)11-6-4-5-7-14(11)25-9-13(17(23)24-3)19-16(22)12(18)8-15(20)21/h10-14H,4-9,18H2,1-3H3,(H,19,22)(H,20,21)/t11?,12-,13-,14?/m0/s1. The van der Waals surface area contributed by atoms with Crippen molar-refractivity contribution in [1.29, 1.82) is 0 Å². The van der Waals surface area contributed by atoms with Crippen LogP contribution in [0.3, 0.4) is 0 Å². The summed E-state index contributed by atoms with van der Waals surface area (Å²) in [6.45, 7) is 4.43. The SMILES string of the molecule is COC(=O)[C@H](CSC1CCCCC1C(C)C)NC(=O)[C@@H](N)CC(=O)O. The molecule has 0 saturated heterocycles. The van der Waals surface area contributed by atoms with Gasteiger partial charge in [0, 0.05) is 11.0 Å². The highest BCUT2D eigenvalue weighted by Gasteiger charge is 2.31. The van der Waals surface area contributed by atoms with Crippen molar-refractivity contribution in [2.45, 2.75) is 63.3 Å². The number of carboxylic acid groups (broad SMARTS) is 1. The van der Waals surface area contributed by atoms with Crippen LogP contribution < -0.4 is 11.1 Å². The molecule has 25 heavy (non-hydrogen) atoms. The summed E-state index contributed by atoms with van der Waals surface area (Å²) in [7, 11) is 1.26. The van der Waals surface area contributed by atoms with E-state index in [0.717, 1.165) is 6.42 Å². The lowest BCUT2D eigenvalue weighted by atomic mass is 9.81. The molecule has 0 heterocycles. The lowest BCUT2D eigenvalue weighted by molar-refractivity contribution is -0.144. The third-order valence-electron chi connectivity index (χ3n) is 4.62. The van der Waals surface area contributed by atoms with Gasteiger partial charge in [-0.2, -0.15) is 11.8 Å². The van der Waals surface area contributed by atoms with Crippen LogP contribution in [-0.4, -0.2) is 53.1 Å². The fraction of sp³-hybridized carbons (Fsp3) is 0.824. The number of thioether (sulfide) groups is 1. The highest BCUT2D eigenvalue weighted by atomic mass is 32.2. The molecule has 1 aliphatic carbocycles. The van der Waals surface area contributed by atoms with E-state index in [-0.39, 0.29) is 0 Å². The number of carboxylic acids is 1. The molecule has 7 nitrogen and oxygen atoms in total. The average Bonchev–Trinajstić information content (AvgIpc) is 2.57. The van der Waals surface area contributed by atoms with Gasteiger partial charge in [0.25, 0.3) is 0 Å². The van der Waals surface area contributed by atoms with Gasteiger partial charge in [0.1, 0.15) is 6.04 Å². The summed E-state index contributed by atoms with van der Waals surface area (Å²) in [6.07, 6.45) is 4.23. The Bertz CT molecular complexity index is 472. The molecule has 1 saturated carbocycles. The lowest BCUT2D eigenvalue weighted by Gasteiger charge is -2.34. The summed E-state index contributed by atoms with van der Waals surface area (Å²) < 4.78 is 4.76. The zero-order valence-corrected chi connectivity index (χ0v) is 16.0. The van der Waals surface area contributed by atoms with E-state index in [4.69, 9.17) is 15.6 Å². The van der Waals surface area contributed by atoms with Crippen molar-refractivity contribution >= 4 is 29.6 Å². The predicted molar refractivity (Wildman–Crippen MR) is 97.2 cm³/mol. The Morgan fingerprint density at radius 3 is 2.48 bits per heavy atom. The molecule has 0 spiro atoms. The van der Waals surface area contributed by atoms with Crippen LogP contribution in [0.5, 0.6) is 0 Å². The van der Waals surface area contributed by atoms with Gasteiger partial charge in [-0.15, -0.1) is 0 Å². The normalized spacial score (nSPS) is 22.9. The van der Waals surface area contributed by atoms with Gasteiger partial charge < -0.3 is 20.9 Å². The van der Waals surface area contributed by atoms with E-state index in [0.29, 0.717) is 22.8 Å². The van der Waals surface area contributed by atoms with E-state index in [9.17, 15) is 14.4 Å². The van der Waals surface area contributed by atoms with Crippen LogP contribution in [0.25, 0.3) is 0 Å². The van der Waals surface area contributed by atoms with Crippen molar-refractivity contribution < 1.29 is 24.2 Å². The molecule has 0 aromatic heterocycles. The minimum atomic E-state index is -1.19. The van der Waals surface area contributed by atoms with Crippen LogP contribution in [0, 0.1) is 11.8 Å². The number of methoxy groups -OCH3 is 1. The smallest absolute Gasteiger partial charge is 0.329 e. The van der Waals surface area contributed by atoms with Gasteiger partial charge in [0.05, 0.1) is 19.6 Å². The Hall–Kier alpha value is -1.28. The number of carbonyl (C=O) groups excluding carboxylic acids is 2. The Morgan fingerprint density at radius 1 is 1.28 bits per heavy atom. The molecule has 4 N–H and O–H groups in total. The van der Waals surface area contributed by atoms with Gasteiger partial charge in [-0.1, -0.05) is 26.7 Å². The number of hydrogen-bond donors (Lipinski definition) is 3. The van der Waals surface area contributed by atoms with Crippen LogP contribution in [0.15, 0.2) is 0 Å². The Labute approximate surface area is 153 Å². The number of rotatable bonds is 9. The van der Waals surface area contributed by atoms with Crippen LogP contribution in [0.2, 0.25) is 0 Å². The summed E-state index contributed by atoms with van der Waals surface area (Å²) in [4.78, 5) is 34.7. The summed E-state index contributed by atoms with van der Waals surface area (Å²) in [6, 6.07) is -2.01. The number of amides is 1. The van der Waals surface area contributed by atoms with Crippen molar-refractivity contribution in [3.8, 4) is 0 Å². The average molecular weight is 375 g/mol. The summed E-state index contributed by atoms with van der Waals surface area (Å²) >= 11 is 1.68. The summed E-state index contributed by atoms with van der Waals surface area (Å²) in [5, 5.41) is 11.7. The first kappa shape index (κ1) is 21.8. The molecule has 1 fully saturated rings.